The summed E-state index contributed by atoms with van der Waals surface area (Å²) >= 11 is 4.99. The van der Waals surface area contributed by atoms with Gasteiger partial charge in [-0.1, -0.05) is 15.9 Å². The second kappa shape index (κ2) is 5.24. The van der Waals surface area contributed by atoms with E-state index in [2.05, 4.69) is 15.9 Å². The lowest BCUT2D eigenvalue weighted by Gasteiger charge is -2.10. The van der Waals surface area contributed by atoms with E-state index in [1.807, 2.05) is 36.7 Å². The largest absolute Gasteiger partial charge is 0.496 e. The van der Waals surface area contributed by atoms with Crippen molar-refractivity contribution in [1.29, 1.82) is 0 Å². The van der Waals surface area contributed by atoms with Gasteiger partial charge in [-0.25, -0.2) is 0 Å². The van der Waals surface area contributed by atoms with E-state index in [4.69, 9.17) is 4.74 Å². The first-order valence-electron chi connectivity index (χ1n) is 5.46. The van der Waals surface area contributed by atoms with Gasteiger partial charge in [-0.3, -0.25) is 4.79 Å². The smallest absolute Gasteiger partial charge is 0.197 e. The zero-order chi connectivity index (χ0) is 13.3. The van der Waals surface area contributed by atoms with Gasteiger partial charge in [-0.15, -0.1) is 0 Å². The third-order valence-corrected chi connectivity index (χ3v) is 4.54. The molecule has 0 amide bonds. The van der Waals surface area contributed by atoms with Crippen molar-refractivity contribution >= 4 is 33.0 Å². The third-order valence-electron chi connectivity index (χ3n) is 2.83. The maximum atomic E-state index is 12.5. The van der Waals surface area contributed by atoms with Gasteiger partial charge in [0.1, 0.15) is 5.75 Å². The van der Waals surface area contributed by atoms with Gasteiger partial charge in [0.25, 0.3) is 0 Å². The van der Waals surface area contributed by atoms with Crippen LogP contribution in [0.5, 0.6) is 5.75 Å². The van der Waals surface area contributed by atoms with Crippen LogP contribution in [0.2, 0.25) is 0 Å². The molecule has 0 N–H and O–H groups in total. The summed E-state index contributed by atoms with van der Waals surface area (Å²) in [4.78, 5) is 12.5. The molecule has 2 aromatic rings. The molecule has 0 unspecified atom stereocenters. The highest BCUT2D eigenvalue weighted by molar-refractivity contribution is 9.10. The Kier molecular flexibility index (Phi) is 3.88. The number of ketones is 1. The van der Waals surface area contributed by atoms with E-state index in [1.165, 1.54) is 11.3 Å². The highest BCUT2D eigenvalue weighted by atomic mass is 79.9. The maximum absolute atomic E-state index is 12.5. The van der Waals surface area contributed by atoms with Crippen molar-refractivity contribution in [2.75, 3.05) is 7.11 Å². The predicted octanol–water partition coefficient (Wildman–Crippen LogP) is 4.37. The van der Waals surface area contributed by atoms with Crippen molar-refractivity contribution in [1.82, 2.24) is 0 Å². The van der Waals surface area contributed by atoms with Crippen LogP contribution < -0.4 is 4.74 Å². The Labute approximate surface area is 119 Å². The minimum absolute atomic E-state index is 0.00583. The van der Waals surface area contributed by atoms with Crippen molar-refractivity contribution in [3.05, 3.63) is 49.6 Å². The topological polar surface area (TPSA) is 26.3 Å². The zero-order valence-electron chi connectivity index (χ0n) is 10.4. The fourth-order valence-corrected chi connectivity index (χ4v) is 2.91. The molecule has 1 heterocycles. The number of aryl methyl sites for hydroxylation is 2. The first kappa shape index (κ1) is 13.3. The minimum Gasteiger partial charge on any atom is -0.496 e. The Bertz CT molecular complexity index is 602. The number of carbonyl (C=O) groups excluding carboxylic acids is 1. The third kappa shape index (κ3) is 2.35. The number of carbonyl (C=O) groups is 1. The molecule has 2 nitrogen and oxygen atoms in total. The lowest BCUT2D eigenvalue weighted by Crippen LogP contribution is -2.05. The summed E-state index contributed by atoms with van der Waals surface area (Å²) in [5, 5.41) is 3.85. The quantitative estimate of drug-likeness (QED) is 0.784. The molecule has 0 aliphatic heterocycles. The average Bonchev–Trinajstić information content (AvgIpc) is 2.77. The van der Waals surface area contributed by atoms with Crippen molar-refractivity contribution in [3.63, 3.8) is 0 Å². The lowest BCUT2D eigenvalue weighted by atomic mass is 10.0. The van der Waals surface area contributed by atoms with Gasteiger partial charge in [-0.05, 0) is 42.5 Å². The first-order valence-corrected chi connectivity index (χ1v) is 7.19. The van der Waals surface area contributed by atoms with E-state index in [9.17, 15) is 4.79 Å². The second-order valence-electron chi connectivity index (χ2n) is 4.10. The summed E-state index contributed by atoms with van der Waals surface area (Å²) in [6, 6.07) is 3.70. The van der Waals surface area contributed by atoms with Gasteiger partial charge in [0.05, 0.1) is 12.7 Å². The Balaban J connectivity index is 2.54. The van der Waals surface area contributed by atoms with Crippen LogP contribution in [-0.4, -0.2) is 12.9 Å². The molecule has 0 aliphatic carbocycles. The van der Waals surface area contributed by atoms with Crippen molar-refractivity contribution < 1.29 is 9.53 Å². The maximum Gasteiger partial charge on any atom is 0.197 e. The van der Waals surface area contributed by atoms with Gasteiger partial charge in [0.15, 0.2) is 5.78 Å². The Morgan fingerprint density at radius 3 is 2.44 bits per heavy atom. The number of hydrogen-bond acceptors (Lipinski definition) is 3. The van der Waals surface area contributed by atoms with Crippen molar-refractivity contribution in [2.24, 2.45) is 0 Å². The summed E-state index contributed by atoms with van der Waals surface area (Å²) in [5.74, 6) is 0.623. The number of halogens is 1. The second-order valence-corrected chi connectivity index (χ2v) is 5.70. The number of thiophene rings is 1. The van der Waals surface area contributed by atoms with Crippen LogP contribution in [0.3, 0.4) is 0 Å². The molecule has 4 heteroatoms. The number of rotatable bonds is 3. The normalized spacial score (nSPS) is 10.4. The van der Waals surface area contributed by atoms with Crippen molar-refractivity contribution in [3.8, 4) is 5.75 Å². The van der Waals surface area contributed by atoms with Crippen LogP contribution in [0.15, 0.2) is 27.4 Å². The van der Waals surface area contributed by atoms with E-state index >= 15 is 0 Å². The Hall–Kier alpha value is -1.13. The van der Waals surface area contributed by atoms with Crippen LogP contribution in [0.4, 0.5) is 0 Å². The molecule has 18 heavy (non-hydrogen) atoms. The average molecular weight is 325 g/mol. The van der Waals surface area contributed by atoms with E-state index in [-0.39, 0.29) is 5.78 Å². The van der Waals surface area contributed by atoms with Crippen LogP contribution in [0.1, 0.15) is 27.0 Å². The minimum atomic E-state index is 0.00583. The Morgan fingerprint density at radius 1 is 1.17 bits per heavy atom. The van der Waals surface area contributed by atoms with Crippen LogP contribution >= 0.6 is 27.3 Å². The molecule has 0 aliphatic rings. The molecular formula is C14H13BrO2S. The number of methoxy groups -OCH3 is 1. The monoisotopic (exact) mass is 324 g/mol. The molecule has 94 valence electrons. The van der Waals surface area contributed by atoms with Gasteiger partial charge in [0, 0.05) is 15.4 Å². The highest BCUT2D eigenvalue weighted by Gasteiger charge is 2.18. The van der Waals surface area contributed by atoms with Gasteiger partial charge in [0.2, 0.25) is 0 Å². The zero-order valence-corrected chi connectivity index (χ0v) is 12.8. The van der Waals surface area contributed by atoms with Gasteiger partial charge >= 0.3 is 0 Å². The van der Waals surface area contributed by atoms with E-state index in [1.54, 1.807) is 7.11 Å². The molecule has 0 radical (unpaired) electrons. The van der Waals surface area contributed by atoms with Gasteiger partial charge < -0.3 is 4.74 Å². The fourth-order valence-electron chi connectivity index (χ4n) is 1.74. The molecule has 2 rings (SSSR count). The molecular weight excluding hydrogens is 312 g/mol. The molecule has 0 spiro atoms. The van der Waals surface area contributed by atoms with E-state index < -0.39 is 0 Å². The van der Waals surface area contributed by atoms with E-state index in [0.29, 0.717) is 11.3 Å². The molecule has 0 fully saturated rings. The molecule has 1 aromatic heterocycles. The lowest BCUT2D eigenvalue weighted by molar-refractivity contribution is 0.103. The van der Waals surface area contributed by atoms with Gasteiger partial charge in [-0.2, -0.15) is 11.3 Å². The van der Waals surface area contributed by atoms with E-state index in [0.717, 1.165) is 21.2 Å². The Morgan fingerprint density at radius 2 is 1.89 bits per heavy atom. The standard InChI is InChI=1S/C14H13BrO2S/c1-8-4-13(17-3)10(5-12(8)15)14(16)11-7-18-6-9(11)2/h4-7H,1-3H3. The highest BCUT2D eigenvalue weighted by Crippen LogP contribution is 2.30. The SMILES string of the molecule is COc1cc(C)c(Br)cc1C(=O)c1cscc1C. The molecule has 0 saturated heterocycles. The van der Waals surface area contributed by atoms with Crippen molar-refractivity contribution in [2.45, 2.75) is 13.8 Å². The summed E-state index contributed by atoms with van der Waals surface area (Å²) in [6.07, 6.45) is 0. The number of hydrogen-bond donors (Lipinski definition) is 0. The molecule has 1 aromatic carbocycles. The summed E-state index contributed by atoms with van der Waals surface area (Å²) in [5.41, 5.74) is 3.39. The molecule has 0 saturated carbocycles. The van der Waals surface area contributed by atoms with Crippen LogP contribution in [0, 0.1) is 13.8 Å². The fraction of sp³-hybridized carbons (Fsp3) is 0.214. The van der Waals surface area contributed by atoms with Crippen LogP contribution in [-0.2, 0) is 0 Å². The number of ether oxygens (including phenoxy) is 1. The summed E-state index contributed by atoms with van der Waals surface area (Å²) in [7, 11) is 1.58. The first-order chi connectivity index (χ1) is 8.54. The molecule has 0 atom stereocenters. The summed E-state index contributed by atoms with van der Waals surface area (Å²) < 4.78 is 6.22. The van der Waals surface area contributed by atoms with Crippen LogP contribution in [0.25, 0.3) is 0 Å². The number of benzene rings is 1. The summed E-state index contributed by atoms with van der Waals surface area (Å²) in [6.45, 7) is 3.91. The molecule has 0 bridgehead atoms. The predicted molar refractivity (Wildman–Crippen MR) is 77.9 cm³/mol.